The van der Waals surface area contributed by atoms with Gasteiger partial charge in [0.25, 0.3) is 21.8 Å². The zero-order chi connectivity index (χ0) is 24.9. The minimum absolute atomic E-state index is 0.00939. The minimum atomic E-state index is -3.76. The molecule has 3 rings (SSSR count). The lowest BCUT2D eigenvalue weighted by atomic mass is 10.1. The summed E-state index contributed by atoms with van der Waals surface area (Å²) < 4.78 is 28.0. The molecule has 0 aliphatic rings. The smallest absolute Gasteiger partial charge is 0.261 e. The van der Waals surface area contributed by atoms with Crippen LogP contribution in [0.4, 0.5) is 11.4 Å². The predicted octanol–water partition coefficient (Wildman–Crippen LogP) is 4.88. The highest BCUT2D eigenvalue weighted by atomic mass is 32.2. The number of hydrogen-bond donors (Lipinski definition) is 3. The molecule has 3 aromatic rings. The number of nitrogens with one attached hydrogen (secondary N) is 3. The summed E-state index contributed by atoms with van der Waals surface area (Å²) in [4.78, 5) is 25.6. The van der Waals surface area contributed by atoms with Crippen molar-refractivity contribution in [3.63, 3.8) is 0 Å². The fraction of sp³-hybridized carbons (Fsp3) is 0.231. The van der Waals surface area contributed by atoms with Crippen LogP contribution in [-0.2, 0) is 10.0 Å². The van der Waals surface area contributed by atoms with E-state index in [1.807, 2.05) is 20.8 Å². The van der Waals surface area contributed by atoms with Gasteiger partial charge in [-0.05, 0) is 75.2 Å². The van der Waals surface area contributed by atoms with Crippen molar-refractivity contribution in [1.29, 1.82) is 0 Å². The zero-order valence-corrected chi connectivity index (χ0v) is 20.5. The van der Waals surface area contributed by atoms with E-state index in [9.17, 15) is 18.0 Å². The molecule has 0 aliphatic heterocycles. The average molecular weight is 480 g/mol. The highest BCUT2D eigenvalue weighted by molar-refractivity contribution is 7.92. The summed E-state index contributed by atoms with van der Waals surface area (Å²) in [6.07, 6.45) is 0.791. The first kappa shape index (κ1) is 25.0. The van der Waals surface area contributed by atoms with Crippen LogP contribution in [0.1, 0.15) is 52.1 Å². The molecular weight excluding hydrogens is 450 g/mol. The Morgan fingerprint density at radius 3 is 2.21 bits per heavy atom. The average Bonchev–Trinajstić information content (AvgIpc) is 2.80. The molecule has 7 nitrogen and oxygen atoms in total. The molecule has 0 radical (unpaired) electrons. The summed E-state index contributed by atoms with van der Waals surface area (Å²) in [6, 6.07) is 18.1. The largest absolute Gasteiger partial charge is 0.350 e. The lowest BCUT2D eigenvalue weighted by Gasteiger charge is -2.15. The summed E-state index contributed by atoms with van der Waals surface area (Å²) in [5.74, 6) is -0.665. The third kappa shape index (κ3) is 6.02. The van der Waals surface area contributed by atoms with Crippen LogP contribution in [0.25, 0.3) is 0 Å². The third-order valence-electron chi connectivity index (χ3n) is 5.47. The lowest BCUT2D eigenvalue weighted by molar-refractivity contribution is 0.0940. The fourth-order valence-corrected chi connectivity index (χ4v) is 4.36. The van der Waals surface area contributed by atoms with E-state index in [4.69, 9.17) is 0 Å². The number of amides is 2. The lowest BCUT2D eigenvalue weighted by Crippen LogP contribution is -2.32. The summed E-state index contributed by atoms with van der Waals surface area (Å²) in [7, 11) is -3.76. The number of carbonyl (C=O) groups is 2. The molecular formula is C26H29N3O4S. The van der Waals surface area contributed by atoms with Crippen LogP contribution in [0.5, 0.6) is 0 Å². The number of rotatable bonds is 8. The molecule has 0 aromatic heterocycles. The number of para-hydroxylation sites is 1. The van der Waals surface area contributed by atoms with Crippen LogP contribution in [0, 0.1) is 13.8 Å². The molecule has 0 bridgehead atoms. The van der Waals surface area contributed by atoms with Gasteiger partial charge in [-0.3, -0.25) is 14.3 Å². The minimum Gasteiger partial charge on any atom is -0.350 e. The van der Waals surface area contributed by atoms with Gasteiger partial charge in [0, 0.05) is 11.6 Å². The van der Waals surface area contributed by atoms with Gasteiger partial charge in [-0.2, -0.15) is 0 Å². The van der Waals surface area contributed by atoms with Crippen molar-refractivity contribution in [3.05, 3.63) is 89.0 Å². The first-order chi connectivity index (χ1) is 16.1. The van der Waals surface area contributed by atoms with Crippen LogP contribution in [0.15, 0.2) is 71.6 Å². The van der Waals surface area contributed by atoms with E-state index >= 15 is 0 Å². The van der Waals surface area contributed by atoms with Crippen LogP contribution in [-0.4, -0.2) is 26.3 Å². The summed E-state index contributed by atoms with van der Waals surface area (Å²) in [5.41, 5.74) is 3.04. The molecule has 0 fully saturated rings. The number of sulfonamides is 1. The Kier molecular flexibility index (Phi) is 7.73. The molecule has 0 aliphatic carbocycles. The Hall–Kier alpha value is -3.65. The van der Waals surface area contributed by atoms with Crippen molar-refractivity contribution in [2.75, 3.05) is 10.0 Å². The van der Waals surface area contributed by atoms with Crippen LogP contribution in [0.2, 0.25) is 0 Å². The SMILES string of the molecule is CC[C@@H](C)NC(=O)c1ccccc1NC(=O)c1ccc(NS(=O)(=O)c2ccc(C)cc2)c(C)c1. The highest BCUT2D eigenvalue weighted by Gasteiger charge is 2.18. The van der Waals surface area contributed by atoms with E-state index < -0.39 is 15.9 Å². The number of hydrogen-bond acceptors (Lipinski definition) is 4. The van der Waals surface area contributed by atoms with Crippen molar-refractivity contribution >= 4 is 33.2 Å². The van der Waals surface area contributed by atoms with Crippen LogP contribution in [0.3, 0.4) is 0 Å². The number of anilines is 2. The molecule has 34 heavy (non-hydrogen) atoms. The number of carbonyl (C=O) groups excluding carboxylic acids is 2. The standard InChI is InChI=1S/C26H29N3O4S/c1-5-19(4)27-26(31)22-8-6-7-9-24(22)28-25(30)20-12-15-23(18(3)16-20)29-34(32,33)21-13-10-17(2)11-14-21/h6-16,19,29H,5H2,1-4H3,(H,27,31)(H,28,30)/t19-/m1/s1. The molecule has 0 unspecified atom stereocenters. The summed E-state index contributed by atoms with van der Waals surface area (Å²) in [5, 5.41) is 5.69. The molecule has 178 valence electrons. The fourth-order valence-electron chi connectivity index (χ4n) is 3.23. The van der Waals surface area contributed by atoms with Gasteiger partial charge in [-0.15, -0.1) is 0 Å². The van der Waals surface area contributed by atoms with E-state index in [2.05, 4.69) is 15.4 Å². The summed E-state index contributed by atoms with van der Waals surface area (Å²) >= 11 is 0. The van der Waals surface area contributed by atoms with Crippen molar-refractivity contribution < 1.29 is 18.0 Å². The molecule has 3 aromatic carbocycles. The molecule has 1 atom stereocenters. The molecule has 0 saturated carbocycles. The van der Waals surface area contributed by atoms with Gasteiger partial charge in [0.1, 0.15) is 0 Å². The number of aryl methyl sites for hydroxylation is 2. The van der Waals surface area contributed by atoms with Gasteiger partial charge in [-0.25, -0.2) is 8.42 Å². The van der Waals surface area contributed by atoms with E-state index in [0.29, 0.717) is 28.1 Å². The predicted molar refractivity (Wildman–Crippen MR) is 135 cm³/mol. The second-order valence-electron chi connectivity index (χ2n) is 8.23. The highest BCUT2D eigenvalue weighted by Crippen LogP contribution is 2.23. The molecule has 0 heterocycles. The maximum Gasteiger partial charge on any atom is 0.261 e. The van der Waals surface area contributed by atoms with Gasteiger partial charge in [0.15, 0.2) is 0 Å². The summed E-state index contributed by atoms with van der Waals surface area (Å²) in [6.45, 7) is 7.49. The maximum atomic E-state index is 12.9. The van der Waals surface area contributed by atoms with E-state index in [0.717, 1.165) is 12.0 Å². The number of benzene rings is 3. The normalized spacial score (nSPS) is 12.0. The Balaban J connectivity index is 1.77. The first-order valence-corrected chi connectivity index (χ1v) is 12.5. The van der Waals surface area contributed by atoms with Gasteiger partial charge >= 0.3 is 0 Å². The van der Waals surface area contributed by atoms with E-state index in [1.165, 1.54) is 6.07 Å². The zero-order valence-electron chi connectivity index (χ0n) is 19.7. The van der Waals surface area contributed by atoms with Crippen molar-refractivity contribution in [3.8, 4) is 0 Å². The van der Waals surface area contributed by atoms with Gasteiger partial charge in [0.2, 0.25) is 0 Å². The second kappa shape index (κ2) is 10.5. The van der Waals surface area contributed by atoms with E-state index in [-0.39, 0.29) is 16.8 Å². The van der Waals surface area contributed by atoms with Crippen molar-refractivity contribution in [2.24, 2.45) is 0 Å². The van der Waals surface area contributed by atoms with E-state index in [1.54, 1.807) is 67.6 Å². The quantitative estimate of drug-likeness (QED) is 0.428. The Labute approximate surface area is 200 Å². The van der Waals surface area contributed by atoms with Gasteiger partial charge < -0.3 is 10.6 Å². The van der Waals surface area contributed by atoms with Crippen molar-refractivity contribution in [2.45, 2.75) is 45.1 Å². The second-order valence-corrected chi connectivity index (χ2v) is 9.91. The van der Waals surface area contributed by atoms with Crippen molar-refractivity contribution in [1.82, 2.24) is 5.32 Å². The maximum absolute atomic E-state index is 12.9. The van der Waals surface area contributed by atoms with Gasteiger partial charge in [-0.1, -0.05) is 36.8 Å². The molecule has 0 saturated heterocycles. The molecule has 2 amide bonds. The molecule has 8 heteroatoms. The topological polar surface area (TPSA) is 104 Å². The van der Waals surface area contributed by atoms with Crippen LogP contribution < -0.4 is 15.4 Å². The molecule has 3 N–H and O–H groups in total. The first-order valence-electron chi connectivity index (χ1n) is 11.0. The Bertz CT molecular complexity index is 1300. The third-order valence-corrected chi connectivity index (χ3v) is 6.86. The van der Waals surface area contributed by atoms with Gasteiger partial charge in [0.05, 0.1) is 21.8 Å². The monoisotopic (exact) mass is 479 g/mol. The van der Waals surface area contributed by atoms with Crippen LogP contribution >= 0.6 is 0 Å². The molecule has 0 spiro atoms. The Morgan fingerprint density at radius 2 is 1.56 bits per heavy atom. The Morgan fingerprint density at radius 1 is 0.882 bits per heavy atom.